The summed E-state index contributed by atoms with van der Waals surface area (Å²) in [4.78, 5) is 16.1. The highest BCUT2D eigenvalue weighted by Crippen LogP contribution is 2.42. The third kappa shape index (κ3) is 3.51. The lowest BCUT2D eigenvalue weighted by atomic mass is 9.79. The summed E-state index contributed by atoms with van der Waals surface area (Å²) in [5.41, 5.74) is 1.29. The van der Waals surface area contributed by atoms with E-state index in [1.54, 1.807) is 11.8 Å². The maximum absolute atomic E-state index is 12.9. The van der Waals surface area contributed by atoms with Crippen molar-refractivity contribution in [3.63, 3.8) is 0 Å². The van der Waals surface area contributed by atoms with E-state index < -0.39 is 0 Å². The van der Waals surface area contributed by atoms with Crippen molar-refractivity contribution >= 4 is 17.7 Å². The van der Waals surface area contributed by atoms with E-state index in [0.29, 0.717) is 5.92 Å². The Hall–Kier alpha value is -1.75. The van der Waals surface area contributed by atoms with Crippen LogP contribution in [0.2, 0.25) is 0 Å². The highest BCUT2D eigenvalue weighted by molar-refractivity contribution is 8.00. The minimum Gasteiger partial charge on any atom is -0.341 e. The minimum atomic E-state index is -0.0733. The van der Waals surface area contributed by atoms with Gasteiger partial charge in [0.15, 0.2) is 0 Å². The highest BCUT2D eigenvalue weighted by atomic mass is 32.2. The van der Waals surface area contributed by atoms with Crippen molar-refractivity contribution in [3.05, 3.63) is 48.3 Å². The average Bonchev–Trinajstić information content (AvgIpc) is 3.10. The zero-order valence-corrected chi connectivity index (χ0v) is 15.6. The van der Waals surface area contributed by atoms with Crippen LogP contribution in [0, 0.1) is 5.41 Å². The second kappa shape index (κ2) is 6.63. The summed E-state index contributed by atoms with van der Waals surface area (Å²) >= 11 is 1.63. The smallest absolute Gasteiger partial charge is 0.235 e. The molecule has 0 bridgehead atoms. The number of carbonyl (C=O) groups is 1. The monoisotopic (exact) mass is 343 g/mol. The van der Waals surface area contributed by atoms with Gasteiger partial charge in [0.2, 0.25) is 5.91 Å². The first-order valence-corrected chi connectivity index (χ1v) is 9.24. The lowest BCUT2D eigenvalue weighted by Gasteiger charge is -2.24. The Kier molecular flexibility index (Phi) is 4.72. The predicted molar refractivity (Wildman–Crippen MR) is 98.1 cm³/mol. The Morgan fingerprint density at radius 2 is 2.04 bits per heavy atom. The third-order valence-electron chi connectivity index (χ3n) is 4.79. The molecule has 1 saturated heterocycles. The van der Waals surface area contributed by atoms with E-state index >= 15 is 0 Å². The van der Waals surface area contributed by atoms with Gasteiger partial charge in [0.25, 0.3) is 0 Å². The molecule has 1 fully saturated rings. The summed E-state index contributed by atoms with van der Waals surface area (Å²) in [5, 5.41) is 4.22. The van der Waals surface area contributed by atoms with Gasteiger partial charge in [-0.2, -0.15) is 5.10 Å². The molecule has 2 atom stereocenters. The van der Waals surface area contributed by atoms with Gasteiger partial charge in [0.05, 0.1) is 11.4 Å². The van der Waals surface area contributed by atoms with Crippen molar-refractivity contribution in [2.45, 2.75) is 36.8 Å². The Labute approximate surface area is 148 Å². The van der Waals surface area contributed by atoms with Gasteiger partial charge in [-0.15, -0.1) is 11.8 Å². The summed E-state index contributed by atoms with van der Waals surface area (Å²) in [6.45, 7) is 8.06. The van der Waals surface area contributed by atoms with Crippen LogP contribution in [-0.2, 0) is 11.8 Å². The molecule has 128 valence electrons. The molecule has 1 aromatic carbocycles. The van der Waals surface area contributed by atoms with Gasteiger partial charge in [-0.05, 0) is 30.0 Å². The van der Waals surface area contributed by atoms with Gasteiger partial charge in [-0.3, -0.25) is 9.48 Å². The molecule has 1 aliphatic heterocycles. The van der Waals surface area contributed by atoms with E-state index in [1.807, 2.05) is 47.9 Å². The van der Waals surface area contributed by atoms with E-state index in [0.717, 1.165) is 18.0 Å². The minimum absolute atomic E-state index is 0.0653. The molecular formula is C19H25N3OS. The molecule has 0 aliphatic carbocycles. The summed E-state index contributed by atoms with van der Waals surface area (Å²) in [7, 11) is 1.94. The molecule has 2 heterocycles. The Balaban J connectivity index is 1.70. The fourth-order valence-electron chi connectivity index (χ4n) is 3.49. The van der Waals surface area contributed by atoms with Gasteiger partial charge in [-0.1, -0.05) is 32.0 Å². The average molecular weight is 343 g/mol. The predicted octanol–water partition coefficient (Wildman–Crippen LogP) is 3.55. The second-order valence-corrected chi connectivity index (χ2v) is 8.69. The normalized spacial score (nSPS) is 21.0. The summed E-state index contributed by atoms with van der Waals surface area (Å²) in [6, 6.07) is 10.1. The van der Waals surface area contributed by atoms with Gasteiger partial charge < -0.3 is 4.90 Å². The first-order chi connectivity index (χ1) is 11.4. The van der Waals surface area contributed by atoms with Crippen molar-refractivity contribution in [1.29, 1.82) is 0 Å². The number of hydrogen-bond acceptors (Lipinski definition) is 3. The van der Waals surface area contributed by atoms with Crippen LogP contribution in [0.3, 0.4) is 0 Å². The SMILES string of the molecule is CC(Sc1ccccc1)C(=O)N1CC(c2cnn(C)c2)C(C)(C)C1. The fraction of sp³-hybridized carbons (Fsp3) is 0.474. The van der Waals surface area contributed by atoms with Gasteiger partial charge in [0, 0.05) is 37.1 Å². The molecular weight excluding hydrogens is 318 g/mol. The van der Waals surface area contributed by atoms with Gasteiger partial charge >= 0.3 is 0 Å². The standard InChI is InChI=1S/C19H25N3OS/c1-14(24-16-8-6-5-7-9-16)18(23)22-12-17(19(2,3)13-22)15-10-20-21(4)11-15/h5-11,14,17H,12-13H2,1-4H3. The summed E-state index contributed by atoms with van der Waals surface area (Å²) in [5.74, 6) is 0.562. The Morgan fingerprint density at radius 3 is 2.67 bits per heavy atom. The van der Waals surface area contributed by atoms with Crippen LogP contribution in [0.25, 0.3) is 0 Å². The number of hydrogen-bond donors (Lipinski definition) is 0. The number of amides is 1. The maximum Gasteiger partial charge on any atom is 0.235 e. The number of carbonyl (C=O) groups excluding carboxylic acids is 1. The molecule has 1 aliphatic rings. The number of aryl methyl sites for hydroxylation is 1. The van der Waals surface area contributed by atoms with Gasteiger partial charge in [0.1, 0.15) is 0 Å². The molecule has 0 spiro atoms. The topological polar surface area (TPSA) is 38.1 Å². The first kappa shape index (κ1) is 17.1. The van der Waals surface area contributed by atoms with E-state index in [4.69, 9.17) is 0 Å². The number of nitrogens with zero attached hydrogens (tertiary/aromatic N) is 3. The number of likely N-dealkylation sites (tertiary alicyclic amines) is 1. The zero-order valence-electron chi connectivity index (χ0n) is 14.8. The molecule has 2 aromatic rings. The lowest BCUT2D eigenvalue weighted by Crippen LogP contribution is -2.35. The van der Waals surface area contributed by atoms with Crippen molar-refractivity contribution in [3.8, 4) is 0 Å². The number of rotatable bonds is 4. The molecule has 4 nitrogen and oxygen atoms in total. The molecule has 0 saturated carbocycles. The Bertz CT molecular complexity index is 710. The first-order valence-electron chi connectivity index (χ1n) is 8.36. The van der Waals surface area contributed by atoms with Crippen molar-refractivity contribution in [2.75, 3.05) is 13.1 Å². The number of benzene rings is 1. The zero-order chi connectivity index (χ0) is 17.3. The number of thioether (sulfide) groups is 1. The molecule has 2 unspecified atom stereocenters. The lowest BCUT2D eigenvalue weighted by molar-refractivity contribution is -0.129. The van der Waals surface area contributed by atoms with Gasteiger partial charge in [-0.25, -0.2) is 0 Å². The fourth-order valence-corrected chi connectivity index (χ4v) is 4.46. The van der Waals surface area contributed by atoms with Crippen molar-refractivity contribution in [2.24, 2.45) is 12.5 Å². The van der Waals surface area contributed by atoms with Crippen LogP contribution in [0.1, 0.15) is 32.3 Å². The van der Waals surface area contributed by atoms with Crippen molar-refractivity contribution < 1.29 is 4.79 Å². The van der Waals surface area contributed by atoms with Crippen LogP contribution >= 0.6 is 11.8 Å². The van der Waals surface area contributed by atoms with E-state index in [-0.39, 0.29) is 16.6 Å². The van der Waals surface area contributed by atoms with Crippen molar-refractivity contribution in [1.82, 2.24) is 14.7 Å². The van der Waals surface area contributed by atoms with Crippen LogP contribution < -0.4 is 0 Å². The third-order valence-corrected chi connectivity index (χ3v) is 5.89. The van der Waals surface area contributed by atoms with Crippen LogP contribution in [-0.4, -0.2) is 38.9 Å². The summed E-state index contributed by atoms with van der Waals surface area (Å²) < 4.78 is 1.84. The molecule has 1 amide bonds. The van der Waals surface area contributed by atoms with E-state index in [9.17, 15) is 4.79 Å². The molecule has 1 aromatic heterocycles. The second-order valence-electron chi connectivity index (χ2n) is 7.28. The highest BCUT2D eigenvalue weighted by Gasteiger charge is 2.43. The Morgan fingerprint density at radius 1 is 1.33 bits per heavy atom. The van der Waals surface area contributed by atoms with E-state index in [1.165, 1.54) is 5.56 Å². The van der Waals surface area contributed by atoms with Crippen LogP contribution in [0.5, 0.6) is 0 Å². The van der Waals surface area contributed by atoms with Crippen LogP contribution in [0.4, 0.5) is 0 Å². The quantitative estimate of drug-likeness (QED) is 0.797. The summed E-state index contributed by atoms with van der Waals surface area (Å²) in [6.07, 6.45) is 4.01. The molecule has 5 heteroatoms. The van der Waals surface area contributed by atoms with Crippen LogP contribution in [0.15, 0.2) is 47.6 Å². The van der Waals surface area contributed by atoms with E-state index in [2.05, 4.69) is 37.3 Å². The molecule has 24 heavy (non-hydrogen) atoms. The number of aromatic nitrogens is 2. The maximum atomic E-state index is 12.9. The molecule has 0 N–H and O–H groups in total. The largest absolute Gasteiger partial charge is 0.341 e. The molecule has 3 rings (SSSR count). The molecule has 0 radical (unpaired) electrons.